The minimum Gasteiger partial charge on any atom is -0.494 e. The van der Waals surface area contributed by atoms with Gasteiger partial charge in [0.2, 0.25) is 15.9 Å². The fraction of sp³-hybridized carbons (Fsp3) is 0.312. The van der Waals surface area contributed by atoms with E-state index >= 15 is 0 Å². The fourth-order valence-corrected chi connectivity index (χ4v) is 3.04. The molecule has 0 aliphatic heterocycles. The second kappa shape index (κ2) is 8.51. The van der Waals surface area contributed by atoms with E-state index in [1.165, 1.54) is 6.26 Å². The summed E-state index contributed by atoms with van der Waals surface area (Å²) in [6.45, 7) is 2.32. The van der Waals surface area contributed by atoms with Crippen LogP contribution in [0.15, 0.2) is 47.1 Å². The first-order valence-corrected chi connectivity index (χ1v) is 9.12. The van der Waals surface area contributed by atoms with Crippen LogP contribution in [-0.2, 0) is 27.1 Å². The highest BCUT2D eigenvalue weighted by Crippen LogP contribution is 2.13. The molecule has 1 aromatic carbocycles. The van der Waals surface area contributed by atoms with E-state index in [0.29, 0.717) is 23.7 Å². The van der Waals surface area contributed by atoms with Crippen molar-refractivity contribution >= 4 is 15.9 Å². The standard InChI is InChI=1S/C16H20N2O5S/c1-2-22-14-7-5-13(6-8-14)12-24(20,21)18-11-16(19)17-10-15-4-3-9-23-15/h3-9,18H,2,10-12H2,1H3,(H,17,19). The smallest absolute Gasteiger partial charge is 0.235 e. The average Bonchev–Trinajstić information content (AvgIpc) is 3.06. The summed E-state index contributed by atoms with van der Waals surface area (Å²) < 4.78 is 36.7. The van der Waals surface area contributed by atoms with E-state index in [1.807, 2.05) is 6.92 Å². The van der Waals surface area contributed by atoms with Crippen molar-refractivity contribution in [3.8, 4) is 5.75 Å². The number of rotatable bonds is 9. The van der Waals surface area contributed by atoms with Gasteiger partial charge in [0.15, 0.2) is 0 Å². The normalized spacial score (nSPS) is 11.2. The summed E-state index contributed by atoms with van der Waals surface area (Å²) in [5.41, 5.74) is 0.613. The molecule has 0 radical (unpaired) electrons. The van der Waals surface area contributed by atoms with Crippen molar-refractivity contribution in [3.05, 3.63) is 54.0 Å². The lowest BCUT2D eigenvalue weighted by Crippen LogP contribution is -2.37. The largest absolute Gasteiger partial charge is 0.494 e. The summed E-state index contributed by atoms with van der Waals surface area (Å²) in [6.07, 6.45) is 1.50. The molecule has 0 aliphatic rings. The van der Waals surface area contributed by atoms with Gasteiger partial charge >= 0.3 is 0 Å². The number of hydrogen-bond donors (Lipinski definition) is 2. The molecule has 2 N–H and O–H groups in total. The van der Waals surface area contributed by atoms with Crippen molar-refractivity contribution in [1.29, 1.82) is 0 Å². The molecule has 0 spiro atoms. The minimum absolute atomic E-state index is 0.204. The van der Waals surface area contributed by atoms with Crippen LogP contribution >= 0.6 is 0 Å². The molecule has 0 saturated carbocycles. The van der Waals surface area contributed by atoms with Crippen LogP contribution in [0.4, 0.5) is 0 Å². The van der Waals surface area contributed by atoms with Crippen LogP contribution in [0.5, 0.6) is 5.75 Å². The monoisotopic (exact) mass is 352 g/mol. The molecular weight excluding hydrogens is 332 g/mol. The van der Waals surface area contributed by atoms with Gasteiger partial charge in [-0.05, 0) is 36.8 Å². The molecule has 1 aromatic heterocycles. The predicted molar refractivity (Wildman–Crippen MR) is 88.8 cm³/mol. The van der Waals surface area contributed by atoms with Crippen LogP contribution in [0.2, 0.25) is 0 Å². The van der Waals surface area contributed by atoms with Crippen molar-refractivity contribution in [1.82, 2.24) is 10.0 Å². The molecule has 0 saturated heterocycles. The van der Waals surface area contributed by atoms with Gasteiger partial charge in [-0.3, -0.25) is 4.79 Å². The maximum Gasteiger partial charge on any atom is 0.235 e. The topological polar surface area (TPSA) is 97.6 Å². The van der Waals surface area contributed by atoms with Gasteiger partial charge in [0.25, 0.3) is 0 Å². The number of ether oxygens (including phenoxy) is 1. The Kier molecular flexibility index (Phi) is 6.39. The first kappa shape index (κ1) is 18.0. The van der Waals surface area contributed by atoms with Gasteiger partial charge in [0, 0.05) is 0 Å². The Morgan fingerprint density at radius 1 is 1.21 bits per heavy atom. The number of benzene rings is 1. The Bertz CT molecular complexity index is 739. The van der Waals surface area contributed by atoms with Crippen molar-refractivity contribution in [3.63, 3.8) is 0 Å². The Balaban J connectivity index is 1.78. The summed E-state index contributed by atoms with van der Waals surface area (Å²) in [7, 11) is -3.60. The van der Waals surface area contributed by atoms with E-state index in [1.54, 1.807) is 36.4 Å². The van der Waals surface area contributed by atoms with Crippen LogP contribution in [-0.4, -0.2) is 27.5 Å². The van der Waals surface area contributed by atoms with E-state index in [2.05, 4.69) is 10.0 Å². The molecule has 130 valence electrons. The van der Waals surface area contributed by atoms with E-state index in [-0.39, 0.29) is 18.8 Å². The Labute approximate surface area is 141 Å². The summed E-state index contributed by atoms with van der Waals surface area (Å²) in [5.74, 6) is 0.649. The molecule has 24 heavy (non-hydrogen) atoms. The third-order valence-electron chi connectivity index (χ3n) is 3.08. The number of amides is 1. The highest BCUT2D eigenvalue weighted by Gasteiger charge is 2.13. The zero-order valence-corrected chi connectivity index (χ0v) is 14.1. The van der Waals surface area contributed by atoms with Crippen molar-refractivity contribution in [2.75, 3.05) is 13.2 Å². The Hall–Kier alpha value is -2.32. The molecular formula is C16H20N2O5S. The molecule has 0 atom stereocenters. The maximum absolute atomic E-state index is 12.0. The zero-order valence-electron chi connectivity index (χ0n) is 13.3. The first-order valence-electron chi connectivity index (χ1n) is 7.46. The number of hydrogen-bond acceptors (Lipinski definition) is 5. The summed E-state index contributed by atoms with van der Waals surface area (Å²) in [4.78, 5) is 11.7. The van der Waals surface area contributed by atoms with E-state index in [0.717, 1.165) is 0 Å². The predicted octanol–water partition coefficient (Wildman–Crippen LogP) is 1.41. The quantitative estimate of drug-likeness (QED) is 0.711. The maximum atomic E-state index is 12.0. The van der Waals surface area contributed by atoms with Crippen LogP contribution < -0.4 is 14.8 Å². The van der Waals surface area contributed by atoms with Crippen LogP contribution in [0.1, 0.15) is 18.2 Å². The highest BCUT2D eigenvalue weighted by atomic mass is 32.2. The molecule has 0 aliphatic carbocycles. The molecule has 8 heteroatoms. The molecule has 2 rings (SSSR count). The third-order valence-corrected chi connectivity index (χ3v) is 4.38. The first-order chi connectivity index (χ1) is 11.5. The van der Waals surface area contributed by atoms with E-state index in [4.69, 9.17) is 9.15 Å². The van der Waals surface area contributed by atoms with Crippen molar-refractivity contribution < 1.29 is 22.4 Å². The summed E-state index contributed by atoms with van der Waals surface area (Å²) in [5, 5.41) is 2.57. The number of nitrogens with one attached hydrogen (secondary N) is 2. The second-order valence-corrected chi connectivity index (χ2v) is 6.82. The third kappa shape index (κ3) is 6.05. The number of sulfonamides is 1. The van der Waals surface area contributed by atoms with Crippen LogP contribution in [0.25, 0.3) is 0 Å². The van der Waals surface area contributed by atoms with Crippen molar-refractivity contribution in [2.24, 2.45) is 0 Å². The number of furan rings is 1. The molecule has 2 aromatic rings. The Morgan fingerprint density at radius 3 is 2.58 bits per heavy atom. The summed E-state index contributed by atoms with van der Waals surface area (Å²) in [6, 6.07) is 10.2. The molecule has 0 fully saturated rings. The van der Waals surface area contributed by atoms with Crippen molar-refractivity contribution in [2.45, 2.75) is 19.2 Å². The van der Waals surface area contributed by atoms with E-state index < -0.39 is 15.9 Å². The van der Waals surface area contributed by atoms with Gasteiger partial charge in [-0.1, -0.05) is 12.1 Å². The van der Waals surface area contributed by atoms with Gasteiger partial charge in [-0.15, -0.1) is 0 Å². The van der Waals surface area contributed by atoms with Gasteiger partial charge in [0.05, 0.1) is 31.7 Å². The molecule has 0 unspecified atom stereocenters. The molecule has 0 bridgehead atoms. The fourth-order valence-electron chi connectivity index (χ4n) is 1.96. The zero-order chi connectivity index (χ0) is 17.4. The second-order valence-electron chi connectivity index (χ2n) is 5.01. The van der Waals surface area contributed by atoms with Gasteiger partial charge in [0.1, 0.15) is 11.5 Å². The van der Waals surface area contributed by atoms with Gasteiger partial charge in [-0.25, -0.2) is 13.1 Å². The highest BCUT2D eigenvalue weighted by molar-refractivity contribution is 7.88. The van der Waals surface area contributed by atoms with E-state index in [9.17, 15) is 13.2 Å². The average molecular weight is 352 g/mol. The van der Waals surface area contributed by atoms with Gasteiger partial charge < -0.3 is 14.5 Å². The van der Waals surface area contributed by atoms with Crippen LogP contribution in [0.3, 0.4) is 0 Å². The van der Waals surface area contributed by atoms with Gasteiger partial charge in [-0.2, -0.15) is 0 Å². The molecule has 1 heterocycles. The lowest BCUT2D eigenvalue weighted by molar-refractivity contribution is -0.120. The molecule has 7 nitrogen and oxygen atoms in total. The number of carbonyl (C=O) groups excluding carboxylic acids is 1. The van der Waals surface area contributed by atoms with Crippen LogP contribution in [0, 0.1) is 0 Å². The summed E-state index contributed by atoms with van der Waals surface area (Å²) >= 11 is 0. The molecule has 1 amide bonds. The minimum atomic E-state index is -3.60. The lowest BCUT2D eigenvalue weighted by atomic mass is 10.2. The Morgan fingerprint density at radius 2 is 1.96 bits per heavy atom. The SMILES string of the molecule is CCOc1ccc(CS(=O)(=O)NCC(=O)NCc2ccco2)cc1. The lowest BCUT2D eigenvalue weighted by Gasteiger charge is -2.08. The number of carbonyl (C=O) groups is 1.